The fourth-order valence-corrected chi connectivity index (χ4v) is 6.23. The van der Waals surface area contributed by atoms with Gasteiger partial charge in [-0.25, -0.2) is 14.2 Å². The first-order valence-electron chi connectivity index (χ1n) is 13.1. The van der Waals surface area contributed by atoms with Crippen LogP contribution in [0.25, 0.3) is 0 Å². The molecule has 0 radical (unpaired) electrons. The SMILES string of the molecule is CCC[C@@]1(CCc2ccc(F)cc2)CC(O)=C([C@@H](CC)c2cccc(NS(=O)(=O)c3cn(C)cn3)c2)C(=O)O1. The minimum atomic E-state index is -3.90. The number of esters is 1. The Hall–Kier alpha value is -3.66. The van der Waals surface area contributed by atoms with Crippen LogP contribution in [-0.4, -0.2) is 34.6 Å². The second-order valence-electron chi connectivity index (χ2n) is 10.1. The van der Waals surface area contributed by atoms with Crippen LogP contribution in [0.3, 0.4) is 0 Å². The first-order valence-corrected chi connectivity index (χ1v) is 14.5. The van der Waals surface area contributed by atoms with Crippen molar-refractivity contribution in [3.63, 3.8) is 0 Å². The van der Waals surface area contributed by atoms with Crippen molar-refractivity contribution in [2.24, 2.45) is 7.05 Å². The van der Waals surface area contributed by atoms with E-state index in [2.05, 4.69) is 9.71 Å². The number of aliphatic hydroxyl groups excluding tert-OH is 1. The molecule has 0 spiro atoms. The van der Waals surface area contributed by atoms with Crippen molar-refractivity contribution >= 4 is 21.7 Å². The Bertz CT molecular complexity index is 1470. The van der Waals surface area contributed by atoms with Crippen molar-refractivity contribution in [3.05, 3.63) is 89.3 Å². The van der Waals surface area contributed by atoms with E-state index in [9.17, 15) is 22.7 Å². The molecule has 39 heavy (non-hydrogen) atoms. The Labute approximate surface area is 228 Å². The molecule has 3 aromatic rings. The second kappa shape index (κ2) is 11.6. The van der Waals surface area contributed by atoms with Gasteiger partial charge in [0.2, 0.25) is 0 Å². The van der Waals surface area contributed by atoms with Gasteiger partial charge in [-0.15, -0.1) is 0 Å². The summed E-state index contributed by atoms with van der Waals surface area (Å²) in [6.07, 6.45) is 5.89. The van der Waals surface area contributed by atoms with Gasteiger partial charge in [0.05, 0.1) is 11.9 Å². The highest BCUT2D eigenvalue weighted by Gasteiger charge is 2.43. The van der Waals surface area contributed by atoms with E-state index in [1.807, 2.05) is 13.8 Å². The van der Waals surface area contributed by atoms with Crippen molar-refractivity contribution in [2.75, 3.05) is 4.72 Å². The van der Waals surface area contributed by atoms with Gasteiger partial charge in [-0.3, -0.25) is 4.72 Å². The van der Waals surface area contributed by atoms with Gasteiger partial charge in [0.25, 0.3) is 10.0 Å². The van der Waals surface area contributed by atoms with Gasteiger partial charge in [0, 0.05) is 31.3 Å². The van der Waals surface area contributed by atoms with E-state index in [-0.39, 0.29) is 28.6 Å². The topological polar surface area (TPSA) is 111 Å². The third-order valence-electron chi connectivity index (χ3n) is 7.07. The Morgan fingerprint density at radius 3 is 2.54 bits per heavy atom. The van der Waals surface area contributed by atoms with E-state index < -0.39 is 27.5 Å². The van der Waals surface area contributed by atoms with E-state index in [0.29, 0.717) is 36.9 Å². The minimum absolute atomic E-state index is 0.00914. The van der Waals surface area contributed by atoms with E-state index in [1.165, 1.54) is 24.7 Å². The Morgan fingerprint density at radius 1 is 1.18 bits per heavy atom. The normalized spacial score (nSPS) is 18.6. The molecular weight excluding hydrogens is 521 g/mol. The van der Waals surface area contributed by atoms with Crippen LogP contribution in [0, 0.1) is 5.82 Å². The summed E-state index contributed by atoms with van der Waals surface area (Å²) in [5.41, 5.74) is 1.25. The zero-order valence-corrected chi connectivity index (χ0v) is 23.2. The number of anilines is 1. The zero-order chi connectivity index (χ0) is 28.2. The fourth-order valence-electron chi connectivity index (χ4n) is 5.19. The van der Waals surface area contributed by atoms with Crippen LogP contribution in [-0.2, 0) is 33.0 Å². The van der Waals surface area contributed by atoms with Crippen LogP contribution in [0.1, 0.15) is 63.0 Å². The summed E-state index contributed by atoms with van der Waals surface area (Å²) in [5.74, 6) is -1.38. The molecule has 0 fully saturated rings. The molecule has 1 aliphatic rings. The molecule has 1 aliphatic heterocycles. The summed E-state index contributed by atoms with van der Waals surface area (Å²) >= 11 is 0. The zero-order valence-electron chi connectivity index (χ0n) is 22.4. The smallest absolute Gasteiger partial charge is 0.338 e. The lowest BCUT2D eigenvalue weighted by molar-refractivity contribution is -0.161. The van der Waals surface area contributed by atoms with Crippen LogP contribution in [0.4, 0.5) is 10.1 Å². The van der Waals surface area contributed by atoms with Gasteiger partial charge in [0.15, 0.2) is 5.03 Å². The molecule has 0 bridgehead atoms. The molecule has 10 heteroatoms. The molecule has 4 rings (SSSR count). The van der Waals surface area contributed by atoms with Crippen molar-refractivity contribution in [1.82, 2.24) is 9.55 Å². The van der Waals surface area contributed by atoms with Crippen LogP contribution < -0.4 is 4.72 Å². The summed E-state index contributed by atoms with van der Waals surface area (Å²) in [4.78, 5) is 17.3. The first kappa shape index (κ1) is 28.4. The number of carbonyl (C=O) groups is 1. The third-order valence-corrected chi connectivity index (χ3v) is 8.34. The fraction of sp³-hybridized carbons (Fsp3) is 0.379. The summed E-state index contributed by atoms with van der Waals surface area (Å²) in [5, 5.41) is 11.1. The number of cyclic esters (lactones) is 1. The largest absolute Gasteiger partial charge is 0.512 e. The molecule has 0 saturated heterocycles. The Kier molecular flexibility index (Phi) is 8.44. The molecule has 2 heterocycles. The minimum Gasteiger partial charge on any atom is -0.512 e. The average Bonchev–Trinajstić information content (AvgIpc) is 3.33. The molecule has 2 atom stereocenters. The summed E-state index contributed by atoms with van der Waals surface area (Å²) < 4.78 is 49.0. The Balaban J connectivity index is 1.58. The maximum absolute atomic E-state index is 13.4. The van der Waals surface area contributed by atoms with Crippen LogP contribution in [0.15, 0.2) is 77.4 Å². The molecule has 2 aromatic carbocycles. The third kappa shape index (κ3) is 6.50. The van der Waals surface area contributed by atoms with Gasteiger partial charge in [-0.2, -0.15) is 8.42 Å². The number of nitrogens with one attached hydrogen (secondary N) is 1. The lowest BCUT2D eigenvalue weighted by Gasteiger charge is -2.38. The van der Waals surface area contributed by atoms with Crippen molar-refractivity contribution in [1.29, 1.82) is 0 Å². The quantitative estimate of drug-likeness (QED) is 0.290. The van der Waals surface area contributed by atoms with Gasteiger partial charge in [-0.05, 0) is 61.1 Å². The highest BCUT2D eigenvalue weighted by Crippen LogP contribution is 2.42. The number of sulfonamides is 1. The molecule has 0 amide bonds. The van der Waals surface area contributed by atoms with E-state index in [1.54, 1.807) is 48.0 Å². The maximum atomic E-state index is 13.4. The number of ether oxygens (including phenoxy) is 1. The predicted molar refractivity (Wildman–Crippen MR) is 146 cm³/mol. The van der Waals surface area contributed by atoms with Gasteiger partial charge in [0.1, 0.15) is 17.2 Å². The molecule has 0 unspecified atom stereocenters. The predicted octanol–water partition coefficient (Wildman–Crippen LogP) is 5.78. The lowest BCUT2D eigenvalue weighted by atomic mass is 9.80. The average molecular weight is 556 g/mol. The standard InChI is InChI=1S/C29H34FN3O5S/c1-4-14-29(15-13-20-9-11-22(30)12-10-20)17-25(34)27(28(35)38-29)24(5-2)21-7-6-8-23(16-21)32-39(36,37)26-18-33(3)19-31-26/h6-12,16,18-19,24,32,34H,4-5,13-15,17H2,1-3H3/t24-,29+/m0/s1. The lowest BCUT2D eigenvalue weighted by Crippen LogP contribution is -2.41. The number of hydrogen-bond acceptors (Lipinski definition) is 6. The second-order valence-corrected chi connectivity index (χ2v) is 11.7. The van der Waals surface area contributed by atoms with E-state index in [4.69, 9.17) is 4.74 Å². The number of hydrogen-bond donors (Lipinski definition) is 2. The maximum Gasteiger partial charge on any atom is 0.338 e. The van der Waals surface area contributed by atoms with Gasteiger partial charge < -0.3 is 14.4 Å². The number of rotatable bonds is 11. The Morgan fingerprint density at radius 2 is 1.92 bits per heavy atom. The van der Waals surface area contributed by atoms with Crippen molar-refractivity contribution in [2.45, 2.75) is 68.9 Å². The number of benzene rings is 2. The first-order chi connectivity index (χ1) is 18.6. The molecule has 0 saturated carbocycles. The number of imidazole rings is 1. The highest BCUT2D eigenvalue weighted by molar-refractivity contribution is 7.92. The highest BCUT2D eigenvalue weighted by atomic mass is 32.2. The van der Waals surface area contributed by atoms with Gasteiger partial charge >= 0.3 is 5.97 Å². The molecule has 208 valence electrons. The van der Waals surface area contributed by atoms with Gasteiger partial charge in [-0.1, -0.05) is 44.5 Å². The van der Waals surface area contributed by atoms with Crippen molar-refractivity contribution in [3.8, 4) is 0 Å². The van der Waals surface area contributed by atoms with Crippen LogP contribution in [0.2, 0.25) is 0 Å². The van der Waals surface area contributed by atoms with Crippen LogP contribution >= 0.6 is 0 Å². The summed E-state index contributed by atoms with van der Waals surface area (Å²) in [6, 6.07) is 13.0. The molecule has 2 N–H and O–H groups in total. The summed E-state index contributed by atoms with van der Waals surface area (Å²) in [6.45, 7) is 3.89. The molecule has 8 nitrogen and oxygen atoms in total. The number of nitrogens with zero attached hydrogens (tertiary/aromatic N) is 2. The number of aromatic nitrogens is 2. The number of carbonyl (C=O) groups excluding carboxylic acids is 1. The molecule has 0 aliphatic carbocycles. The monoisotopic (exact) mass is 555 g/mol. The van der Waals surface area contributed by atoms with Crippen molar-refractivity contribution < 1.29 is 27.4 Å². The number of halogens is 1. The number of aliphatic hydroxyl groups is 1. The van der Waals surface area contributed by atoms with Crippen LogP contribution in [0.5, 0.6) is 0 Å². The summed E-state index contributed by atoms with van der Waals surface area (Å²) in [7, 11) is -2.22. The van der Waals surface area contributed by atoms with E-state index >= 15 is 0 Å². The number of aryl methyl sites for hydroxylation is 2. The van der Waals surface area contributed by atoms with E-state index in [0.717, 1.165) is 12.0 Å². The molecule has 1 aromatic heterocycles. The molecular formula is C29H34FN3O5S.